The van der Waals surface area contributed by atoms with Crippen molar-refractivity contribution in [1.29, 1.82) is 0 Å². The van der Waals surface area contributed by atoms with Crippen LogP contribution in [0.4, 0.5) is 4.79 Å². The first kappa shape index (κ1) is 20.5. The number of piperidine rings is 1. The zero-order chi connectivity index (χ0) is 20.6. The van der Waals surface area contributed by atoms with Gasteiger partial charge in [0, 0.05) is 38.2 Å². The molecule has 0 N–H and O–H groups in total. The molecule has 1 saturated heterocycles. The van der Waals surface area contributed by atoms with E-state index < -0.39 is 0 Å². The molecule has 1 aromatic heterocycles. The minimum Gasteiger partial charge on any atom is -0.493 e. The minimum absolute atomic E-state index is 0.0843. The number of hydrogen-bond donors (Lipinski definition) is 0. The molecule has 2 fully saturated rings. The van der Waals surface area contributed by atoms with Gasteiger partial charge in [-0.25, -0.2) is 4.79 Å². The normalized spacial score (nSPS) is 18.1. The molecule has 0 bridgehead atoms. The molecule has 2 heterocycles. The number of benzene rings is 1. The highest BCUT2D eigenvalue weighted by Crippen LogP contribution is 2.27. The molecule has 2 aromatic rings. The number of carbonyl (C=O) groups excluding carboxylic acids is 1. The largest absolute Gasteiger partial charge is 0.493 e. The third-order valence-corrected chi connectivity index (χ3v) is 5.86. The predicted molar refractivity (Wildman–Crippen MR) is 114 cm³/mol. The molecule has 0 unspecified atom stereocenters. The summed E-state index contributed by atoms with van der Waals surface area (Å²) in [6, 6.07) is 11.4. The van der Waals surface area contributed by atoms with Crippen molar-refractivity contribution in [2.24, 2.45) is 5.92 Å². The molecule has 2 aliphatic rings. The fraction of sp³-hybridized carbons (Fsp3) is 0.500. The average Bonchev–Trinajstić information content (AvgIpc) is 2.80. The Morgan fingerprint density at radius 2 is 1.73 bits per heavy atom. The molecule has 1 aliphatic heterocycles. The highest BCUT2D eigenvalue weighted by atomic mass is 16.6. The van der Waals surface area contributed by atoms with Gasteiger partial charge in [-0.3, -0.25) is 4.98 Å². The molecule has 1 amide bonds. The number of rotatable bonds is 6. The molecule has 1 aromatic carbocycles. The van der Waals surface area contributed by atoms with Crippen molar-refractivity contribution >= 4 is 6.09 Å². The van der Waals surface area contributed by atoms with E-state index in [0.717, 1.165) is 30.9 Å². The summed E-state index contributed by atoms with van der Waals surface area (Å²) in [4.78, 5) is 18.0. The summed E-state index contributed by atoms with van der Waals surface area (Å²) >= 11 is 0. The number of likely N-dealkylation sites (tertiary alicyclic amines) is 1. The van der Waals surface area contributed by atoms with Crippen molar-refractivity contribution in [3.05, 3.63) is 48.8 Å². The van der Waals surface area contributed by atoms with Crippen LogP contribution in [0.15, 0.2) is 48.8 Å². The van der Waals surface area contributed by atoms with Gasteiger partial charge in [-0.15, -0.1) is 0 Å². The number of pyridine rings is 1. The van der Waals surface area contributed by atoms with Crippen LogP contribution in [0, 0.1) is 5.92 Å². The summed E-state index contributed by atoms with van der Waals surface area (Å²) in [6.07, 6.45) is 11.0. The fourth-order valence-corrected chi connectivity index (χ4v) is 4.13. The monoisotopic (exact) mass is 410 g/mol. The van der Waals surface area contributed by atoms with Gasteiger partial charge in [0.05, 0.1) is 12.8 Å². The SMILES string of the molecule is O=C(Oc1cccnc1)N1CCC(Oc2cccc(OCC3CCCCC3)c2)CC1. The molecule has 0 radical (unpaired) electrons. The molecule has 4 rings (SSSR count). The van der Waals surface area contributed by atoms with Gasteiger partial charge >= 0.3 is 6.09 Å². The van der Waals surface area contributed by atoms with Gasteiger partial charge in [-0.1, -0.05) is 25.3 Å². The van der Waals surface area contributed by atoms with Crippen LogP contribution >= 0.6 is 0 Å². The van der Waals surface area contributed by atoms with Crippen LogP contribution in [-0.4, -0.2) is 41.8 Å². The van der Waals surface area contributed by atoms with E-state index in [2.05, 4.69) is 4.98 Å². The van der Waals surface area contributed by atoms with E-state index in [1.807, 2.05) is 24.3 Å². The Balaban J connectivity index is 1.22. The third-order valence-electron chi connectivity index (χ3n) is 5.86. The number of hydrogen-bond acceptors (Lipinski definition) is 5. The first-order valence-electron chi connectivity index (χ1n) is 11.0. The van der Waals surface area contributed by atoms with Crippen LogP contribution in [0.5, 0.6) is 17.2 Å². The molecule has 160 valence electrons. The molecule has 30 heavy (non-hydrogen) atoms. The molecule has 0 atom stereocenters. The van der Waals surface area contributed by atoms with Crippen LogP contribution < -0.4 is 14.2 Å². The lowest BCUT2D eigenvalue weighted by Crippen LogP contribution is -2.43. The fourth-order valence-electron chi connectivity index (χ4n) is 4.13. The van der Waals surface area contributed by atoms with Crippen LogP contribution in [0.1, 0.15) is 44.9 Å². The second-order valence-electron chi connectivity index (χ2n) is 8.15. The lowest BCUT2D eigenvalue weighted by molar-refractivity contribution is 0.0927. The molecular formula is C24H30N2O4. The highest BCUT2D eigenvalue weighted by Gasteiger charge is 2.25. The summed E-state index contributed by atoms with van der Waals surface area (Å²) in [5, 5.41) is 0. The standard InChI is InChI=1S/C24H30N2O4/c27-24(30-23-10-5-13-25-17-23)26-14-11-20(12-15-26)29-22-9-4-8-21(16-22)28-18-19-6-2-1-3-7-19/h4-5,8-10,13,16-17,19-20H,1-3,6-7,11-12,14-15,18H2. The maximum atomic E-state index is 12.3. The first-order valence-corrected chi connectivity index (χ1v) is 11.0. The molecule has 6 nitrogen and oxygen atoms in total. The van der Waals surface area contributed by atoms with Gasteiger partial charge in [-0.2, -0.15) is 0 Å². The Hall–Kier alpha value is -2.76. The van der Waals surface area contributed by atoms with Crippen molar-refractivity contribution < 1.29 is 19.0 Å². The zero-order valence-corrected chi connectivity index (χ0v) is 17.4. The minimum atomic E-state index is -0.334. The topological polar surface area (TPSA) is 60.9 Å². The van der Waals surface area contributed by atoms with E-state index in [4.69, 9.17) is 14.2 Å². The molecule has 6 heteroatoms. The Bertz CT molecular complexity index is 800. The Kier molecular flexibility index (Phi) is 7.06. The van der Waals surface area contributed by atoms with Crippen LogP contribution in [0.2, 0.25) is 0 Å². The quantitative estimate of drug-likeness (QED) is 0.664. The lowest BCUT2D eigenvalue weighted by atomic mass is 9.90. The van der Waals surface area contributed by atoms with Crippen LogP contribution in [-0.2, 0) is 0 Å². The summed E-state index contributed by atoms with van der Waals surface area (Å²) in [5.74, 6) is 2.84. The molecule has 1 aliphatic carbocycles. The Morgan fingerprint density at radius 3 is 2.50 bits per heavy atom. The number of amides is 1. The maximum Gasteiger partial charge on any atom is 0.415 e. The van der Waals surface area contributed by atoms with Crippen LogP contribution in [0.3, 0.4) is 0 Å². The van der Waals surface area contributed by atoms with E-state index in [0.29, 0.717) is 24.8 Å². The van der Waals surface area contributed by atoms with Crippen molar-refractivity contribution in [2.75, 3.05) is 19.7 Å². The average molecular weight is 411 g/mol. The van der Waals surface area contributed by atoms with E-state index in [1.54, 1.807) is 23.2 Å². The van der Waals surface area contributed by atoms with E-state index in [9.17, 15) is 4.79 Å². The van der Waals surface area contributed by atoms with E-state index >= 15 is 0 Å². The number of carbonyl (C=O) groups is 1. The van der Waals surface area contributed by atoms with Crippen LogP contribution in [0.25, 0.3) is 0 Å². The molecule has 1 saturated carbocycles. The van der Waals surface area contributed by atoms with Crippen molar-refractivity contribution in [1.82, 2.24) is 9.88 Å². The molecule has 0 spiro atoms. The number of nitrogens with zero attached hydrogens (tertiary/aromatic N) is 2. The summed E-state index contributed by atoms with van der Waals surface area (Å²) in [7, 11) is 0. The van der Waals surface area contributed by atoms with Gasteiger partial charge in [-0.05, 0) is 43.0 Å². The van der Waals surface area contributed by atoms with Gasteiger partial charge in [0.15, 0.2) is 5.75 Å². The maximum absolute atomic E-state index is 12.3. The Morgan fingerprint density at radius 1 is 0.967 bits per heavy atom. The van der Waals surface area contributed by atoms with E-state index in [1.165, 1.54) is 38.3 Å². The van der Waals surface area contributed by atoms with Gasteiger partial charge in [0.25, 0.3) is 0 Å². The van der Waals surface area contributed by atoms with Gasteiger partial charge in [0.1, 0.15) is 17.6 Å². The third kappa shape index (κ3) is 5.88. The second kappa shape index (κ2) is 10.3. The number of aromatic nitrogens is 1. The number of ether oxygens (including phenoxy) is 3. The van der Waals surface area contributed by atoms with Crippen molar-refractivity contribution in [3.8, 4) is 17.2 Å². The second-order valence-corrected chi connectivity index (χ2v) is 8.15. The van der Waals surface area contributed by atoms with Gasteiger partial charge in [0.2, 0.25) is 0 Å². The Labute approximate surface area is 178 Å². The van der Waals surface area contributed by atoms with Crippen molar-refractivity contribution in [3.63, 3.8) is 0 Å². The van der Waals surface area contributed by atoms with Crippen molar-refractivity contribution in [2.45, 2.75) is 51.0 Å². The van der Waals surface area contributed by atoms with E-state index in [-0.39, 0.29) is 12.2 Å². The summed E-state index contributed by atoms with van der Waals surface area (Å²) < 4.78 is 17.6. The summed E-state index contributed by atoms with van der Waals surface area (Å²) in [6.45, 7) is 2.02. The first-order chi connectivity index (χ1) is 14.8. The molecular weight excluding hydrogens is 380 g/mol. The van der Waals surface area contributed by atoms with Gasteiger partial charge < -0.3 is 19.1 Å². The predicted octanol–water partition coefficient (Wildman–Crippen LogP) is 5.08. The smallest absolute Gasteiger partial charge is 0.415 e. The summed E-state index contributed by atoms with van der Waals surface area (Å²) in [5.41, 5.74) is 0. The highest BCUT2D eigenvalue weighted by molar-refractivity contribution is 5.70. The zero-order valence-electron chi connectivity index (χ0n) is 17.4. The lowest BCUT2D eigenvalue weighted by Gasteiger charge is -2.31.